The largest absolute Gasteiger partial charge is 0.507 e. The van der Waals surface area contributed by atoms with Crippen molar-refractivity contribution in [2.45, 2.75) is 13.2 Å². The molecule has 5 rings (SSSR count). The molecule has 5 heteroatoms. The molecule has 168 valence electrons. The van der Waals surface area contributed by atoms with Crippen molar-refractivity contribution >= 4 is 11.0 Å². The number of benzene rings is 4. The lowest BCUT2D eigenvalue weighted by atomic mass is 10.1. The maximum atomic E-state index is 12.7. The number of ether oxygens (including phenoxy) is 2. The summed E-state index contributed by atoms with van der Waals surface area (Å²) in [5.74, 6) is 1.35. The van der Waals surface area contributed by atoms with E-state index >= 15 is 0 Å². The van der Waals surface area contributed by atoms with Gasteiger partial charge in [-0.3, -0.25) is 4.79 Å². The van der Waals surface area contributed by atoms with Gasteiger partial charge in [0.25, 0.3) is 0 Å². The van der Waals surface area contributed by atoms with Gasteiger partial charge in [-0.2, -0.15) is 0 Å². The second-order valence-electron chi connectivity index (χ2n) is 7.86. The number of aromatic hydroxyl groups is 1. The first kappa shape index (κ1) is 21.3. The molecule has 5 aromatic rings. The minimum atomic E-state index is -0.326. The third kappa shape index (κ3) is 4.79. The minimum Gasteiger partial charge on any atom is -0.507 e. The van der Waals surface area contributed by atoms with Gasteiger partial charge in [-0.05, 0) is 35.4 Å². The van der Waals surface area contributed by atoms with Gasteiger partial charge in [0.05, 0.1) is 0 Å². The van der Waals surface area contributed by atoms with Crippen LogP contribution >= 0.6 is 0 Å². The molecule has 34 heavy (non-hydrogen) atoms. The fraction of sp³-hybridized carbons (Fsp3) is 0.0690. The first-order valence-corrected chi connectivity index (χ1v) is 10.9. The topological polar surface area (TPSA) is 68.9 Å². The summed E-state index contributed by atoms with van der Waals surface area (Å²) >= 11 is 0. The maximum Gasteiger partial charge on any atom is 0.197 e. The molecule has 4 aromatic carbocycles. The van der Waals surface area contributed by atoms with Crippen LogP contribution in [0.3, 0.4) is 0 Å². The predicted octanol–water partition coefficient (Wildman–Crippen LogP) is 6.32. The molecule has 1 aromatic heterocycles. The Bertz CT molecular complexity index is 1460. The molecule has 0 aliphatic heterocycles. The van der Waals surface area contributed by atoms with E-state index < -0.39 is 0 Å². The number of phenolic OH excluding ortho intramolecular Hbond substituents is 1. The third-order valence-electron chi connectivity index (χ3n) is 5.42. The fourth-order valence-electron chi connectivity index (χ4n) is 3.67. The molecule has 0 radical (unpaired) electrons. The molecule has 0 saturated heterocycles. The standard InChI is InChI=1S/C29H22O5/c30-25-15-24(33-19-21-9-5-2-6-10-21)16-28-29(25)26(31)17-27(34-28)22-11-13-23(14-12-22)32-18-20-7-3-1-4-8-20/h1-17,30H,18-19H2. The molecule has 0 fully saturated rings. The van der Waals surface area contributed by atoms with Crippen molar-refractivity contribution in [2.75, 3.05) is 0 Å². The van der Waals surface area contributed by atoms with Crippen LogP contribution in [0, 0.1) is 0 Å². The highest BCUT2D eigenvalue weighted by atomic mass is 16.5. The van der Waals surface area contributed by atoms with Crippen molar-refractivity contribution in [2.24, 2.45) is 0 Å². The number of phenols is 1. The van der Waals surface area contributed by atoms with Gasteiger partial charge in [-0.15, -0.1) is 0 Å². The number of fused-ring (bicyclic) bond motifs is 1. The quantitative estimate of drug-likeness (QED) is 0.314. The summed E-state index contributed by atoms with van der Waals surface area (Å²) in [6.07, 6.45) is 0. The summed E-state index contributed by atoms with van der Waals surface area (Å²) in [7, 11) is 0. The Hall–Kier alpha value is -4.51. The predicted molar refractivity (Wildman–Crippen MR) is 131 cm³/mol. The molecule has 0 unspecified atom stereocenters. The number of hydrogen-bond acceptors (Lipinski definition) is 5. The summed E-state index contributed by atoms with van der Waals surface area (Å²) < 4.78 is 17.6. The Labute approximate surface area is 196 Å². The van der Waals surface area contributed by atoms with Gasteiger partial charge in [0.1, 0.15) is 47.2 Å². The molecular weight excluding hydrogens is 428 g/mol. The van der Waals surface area contributed by atoms with Crippen LogP contribution in [-0.2, 0) is 13.2 Å². The molecule has 0 saturated carbocycles. The Kier molecular flexibility index (Phi) is 5.99. The van der Waals surface area contributed by atoms with E-state index in [2.05, 4.69) is 0 Å². The zero-order chi connectivity index (χ0) is 23.3. The molecule has 1 N–H and O–H groups in total. The average Bonchev–Trinajstić information content (AvgIpc) is 2.87. The van der Waals surface area contributed by atoms with Gasteiger partial charge >= 0.3 is 0 Å². The molecule has 5 nitrogen and oxygen atoms in total. The second-order valence-corrected chi connectivity index (χ2v) is 7.86. The van der Waals surface area contributed by atoms with E-state index in [0.29, 0.717) is 30.5 Å². The summed E-state index contributed by atoms with van der Waals surface area (Å²) in [5.41, 5.74) is 2.73. The van der Waals surface area contributed by atoms with Crippen LogP contribution in [0.5, 0.6) is 17.2 Å². The molecule has 0 atom stereocenters. The lowest BCUT2D eigenvalue weighted by Crippen LogP contribution is -2.02. The van der Waals surface area contributed by atoms with Crippen LogP contribution in [0.2, 0.25) is 0 Å². The molecule has 1 heterocycles. The van der Waals surface area contributed by atoms with Crippen LogP contribution in [0.25, 0.3) is 22.3 Å². The Morgan fingerprint density at radius 3 is 1.88 bits per heavy atom. The van der Waals surface area contributed by atoms with Crippen LogP contribution < -0.4 is 14.9 Å². The van der Waals surface area contributed by atoms with Gasteiger partial charge in [0.2, 0.25) is 0 Å². The Morgan fingerprint density at radius 2 is 1.26 bits per heavy atom. The summed E-state index contributed by atoms with van der Waals surface area (Å²) in [6, 6.07) is 31.4. The zero-order valence-electron chi connectivity index (χ0n) is 18.3. The first-order valence-electron chi connectivity index (χ1n) is 10.9. The maximum absolute atomic E-state index is 12.7. The lowest BCUT2D eigenvalue weighted by Gasteiger charge is -2.10. The van der Waals surface area contributed by atoms with Crippen LogP contribution in [0.4, 0.5) is 0 Å². The van der Waals surface area contributed by atoms with E-state index in [-0.39, 0.29) is 22.1 Å². The molecule has 0 amide bonds. The van der Waals surface area contributed by atoms with Crippen molar-refractivity contribution < 1.29 is 19.0 Å². The van der Waals surface area contributed by atoms with E-state index in [0.717, 1.165) is 16.7 Å². The summed E-state index contributed by atoms with van der Waals surface area (Å²) in [6.45, 7) is 0.802. The van der Waals surface area contributed by atoms with Gasteiger partial charge in [0.15, 0.2) is 5.43 Å². The molecule has 0 spiro atoms. The highest BCUT2D eigenvalue weighted by Crippen LogP contribution is 2.32. The van der Waals surface area contributed by atoms with E-state index in [1.807, 2.05) is 84.9 Å². The van der Waals surface area contributed by atoms with Crippen LogP contribution in [0.15, 0.2) is 112 Å². The van der Waals surface area contributed by atoms with E-state index in [4.69, 9.17) is 13.9 Å². The Balaban J connectivity index is 1.38. The SMILES string of the molecule is O=c1cc(-c2ccc(OCc3ccccc3)cc2)oc2cc(OCc3ccccc3)cc(O)c12. The van der Waals surface area contributed by atoms with Gasteiger partial charge in [0, 0.05) is 23.8 Å². The normalized spacial score (nSPS) is 10.8. The lowest BCUT2D eigenvalue weighted by molar-refractivity contribution is 0.304. The monoisotopic (exact) mass is 450 g/mol. The summed E-state index contributed by atoms with van der Waals surface area (Å²) in [5, 5.41) is 10.5. The second kappa shape index (κ2) is 9.55. The number of rotatable bonds is 7. The summed E-state index contributed by atoms with van der Waals surface area (Å²) in [4.78, 5) is 12.7. The minimum absolute atomic E-state index is 0.124. The smallest absolute Gasteiger partial charge is 0.197 e. The average molecular weight is 450 g/mol. The van der Waals surface area contributed by atoms with E-state index in [9.17, 15) is 9.90 Å². The molecular formula is C29H22O5. The highest BCUT2D eigenvalue weighted by Gasteiger charge is 2.13. The molecule has 0 aliphatic rings. The van der Waals surface area contributed by atoms with E-state index in [1.54, 1.807) is 6.07 Å². The van der Waals surface area contributed by atoms with Gasteiger partial charge < -0.3 is 19.0 Å². The Morgan fingerprint density at radius 1 is 0.676 bits per heavy atom. The van der Waals surface area contributed by atoms with Crippen LogP contribution in [-0.4, -0.2) is 5.11 Å². The first-order chi connectivity index (χ1) is 16.7. The van der Waals surface area contributed by atoms with Crippen LogP contribution in [0.1, 0.15) is 11.1 Å². The van der Waals surface area contributed by atoms with Gasteiger partial charge in [-0.1, -0.05) is 60.7 Å². The third-order valence-corrected chi connectivity index (χ3v) is 5.42. The number of hydrogen-bond donors (Lipinski definition) is 1. The van der Waals surface area contributed by atoms with Gasteiger partial charge in [-0.25, -0.2) is 0 Å². The van der Waals surface area contributed by atoms with Crippen molar-refractivity contribution in [1.29, 1.82) is 0 Å². The fourth-order valence-corrected chi connectivity index (χ4v) is 3.67. The van der Waals surface area contributed by atoms with E-state index in [1.165, 1.54) is 12.1 Å². The molecule has 0 aliphatic carbocycles. The van der Waals surface area contributed by atoms with Crippen molar-refractivity contribution in [3.05, 3.63) is 124 Å². The van der Waals surface area contributed by atoms with Crippen molar-refractivity contribution in [1.82, 2.24) is 0 Å². The highest BCUT2D eigenvalue weighted by molar-refractivity contribution is 5.86. The van der Waals surface area contributed by atoms with Crippen molar-refractivity contribution in [3.63, 3.8) is 0 Å². The zero-order valence-corrected chi connectivity index (χ0v) is 18.3. The molecule has 0 bridgehead atoms. The van der Waals surface area contributed by atoms with Crippen molar-refractivity contribution in [3.8, 4) is 28.6 Å².